The predicted octanol–water partition coefficient (Wildman–Crippen LogP) is 4.12. The minimum absolute atomic E-state index is 0.248. The van der Waals surface area contributed by atoms with Crippen LogP contribution in [0.3, 0.4) is 0 Å². The van der Waals surface area contributed by atoms with Gasteiger partial charge in [0.1, 0.15) is 0 Å². The SMILES string of the molecule is Cc1cc2c(NC(=O)Nc3ccccc3)cccc2[nH]1. The van der Waals surface area contributed by atoms with Crippen LogP contribution in [0.25, 0.3) is 10.9 Å². The second-order valence-electron chi connectivity index (χ2n) is 4.66. The molecule has 0 radical (unpaired) electrons. The van der Waals surface area contributed by atoms with E-state index < -0.39 is 0 Å². The third-order valence-corrected chi connectivity index (χ3v) is 3.08. The molecular weight excluding hydrogens is 250 g/mol. The quantitative estimate of drug-likeness (QED) is 0.641. The number of fused-ring (bicyclic) bond motifs is 1. The summed E-state index contributed by atoms with van der Waals surface area (Å²) in [6.07, 6.45) is 0. The summed E-state index contributed by atoms with van der Waals surface area (Å²) in [6.45, 7) is 1.99. The van der Waals surface area contributed by atoms with Gasteiger partial charge in [-0.3, -0.25) is 0 Å². The molecule has 0 saturated carbocycles. The monoisotopic (exact) mass is 265 g/mol. The van der Waals surface area contributed by atoms with Gasteiger partial charge in [-0.05, 0) is 37.3 Å². The van der Waals surface area contributed by atoms with Crippen LogP contribution >= 0.6 is 0 Å². The molecule has 4 heteroatoms. The molecule has 1 aromatic heterocycles. The number of amides is 2. The lowest BCUT2D eigenvalue weighted by atomic mass is 10.2. The summed E-state index contributed by atoms with van der Waals surface area (Å²) in [4.78, 5) is 15.2. The maximum absolute atomic E-state index is 12.0. The Hall–Kier alpha value is -2.75. The number of carbonyl (C=O) groups is 1. The number of aromatic nitrogens is 1. The van der Waals surface area contributed by atoms with Crippen molar-refractivity contribution in [2.45, 2.75) is 6.92 Å². The molecule has 0 fully saturated rings. The topological polar surface area (TPSA) is 56.9 Å². The van der Waals surface area contributed by atoms with E-state index in [4.69, 9.17) is 0 Å². The van der Waals surface area contributed by atoms with E-state index in [1.165, 1.54) is 0 Å². The average Bonchev–Trinajstić information content (AvgIpc) is 2.81. The number of aryl methyl sites for hydroxylation is 1. The maximum Gasteiger partial charge on any atom is 0.323 e. The van der Waals surface area contributed by atoms with Crippen LogP contribution in [0.4, 0.5) is 16.2 Å². The van der Waals surface area contributed by atoms with E-state index in [9.17, 15) is 4.79 Å². The number of rotatable bonds is 2. The largest absolute Gasteiger partial charge is 0.359 e. The highest BCUT2D eigenvalue weighted by Gasteiger charge is 2.07. The lowest BCUT2D eigenvalue weighted by molar-refractivity contribution is 0.262. The Bertz CT molecular complexity index is 747. The van der Waals surface area contributed by atoms with Crippen LogP contribution < -0.4 is 10.6 Å². The predicted molar refractivity (Wildman–Crippen MR) is 82.1 cm³/mol. The Balaban J connectivity index is 1.81. The smallest absolute Gasteiger partial charge is 0.323 e. The summed E-state index contributed by atoms with van der Waals surface area (Å²) in [6, 6.07) is 16.9. The molecule has 0 spiro atoms. The van der Waals surface area contributed by atoms with Gasteiger partial charge in [-0.15, -0.1) is 0 Å². The van der Waals surface area contributed by atoms with Crippen molar-refractivity contribution in [3.05, 3.63) is 60.3 Å². The van der Waals surface area contributed by atoms with Gasteiger partial charge in [-0.1, -0.05) is 24.3 Å². The van der Waals surface area contributed by atoms with E-state index in [0.717, 1.165) is 28.0 Å². The van der Waals surface area contributed by atoms with Gasteiger partial charge in [0, 0.05) is 22.3 Å². The Morgan fingerprint density at radius 2 is 1.80 bits per heavy atom. The Morgan fingerprint density at radius 3 is 2.60 bits per heavy atom. The molecule has 0 aliphatic carbocycles. The molecule has 20 heavy (non-hydrogen) atoms. The number of para-hydroxylation sites is 1. The number of H-pyrrole nitrogens is 1. The lowest BCUT2D eigenvalue weighted by Gasteiger charge is -2.08. The van der Waals surface area contributed by atoms with Gasteiger partial charge < -0.3 is 15.6 Å². The van der Waals surface area contributed by atoms with E-state index in [1.807, 2.05) is 61.5 Å². The second kappa shape index (κ2) is 5.09. The zero-order chi connectivity index (χ0) is 13.9. The molecule has 0 aliphatic rings. The molecular formula is C16H15N3O. The van der Waals surface area contributed by atoms with Gasteiger partial charge in [0.05, 0.1) is 5.69 Å². The summed E-state index contributed by atoms with van der Waals surface area (Å²) in [7, 11) is 0. The second-order valence-corrected chi connectivity index (χ2v) is 4.66. The van der Waals surface area contributed by atoms with Crippen LogP contribution in [0.1, 0.15) is 5.69 Å². The summed E-state index contributed by atoms with van der Waals surface area (Å²) in [5.41, 5.74) is 3.64. The van der Waals surface area contributed by atoms with Gasteiger partial charge in [0.15, 0.2) is 0 Å². The number of anilines is 2. The minimum atomic E-state index is -0.248. The van der Waals surface area contributed by atoms with Crippen molar-refractivity contribution < 1.29 is 4.79 Å². The van der Waals surface area contributed by atoms with Crippen molar-refractivity contribution in [2.75, 3.05) is 10.6 Å². The first-order chi connectivity index (χ1) is 9.72. The van der Waals surface area contributed by atoms with Crippen molar-refractivity contribution >= 4 is 28.3 Å². The molecule has 0 saturated heterocycles. The third kappa shape index (κ3) is 2.49. The van der Waals surface area contributed by atoms with E-state index in [1.54, 1.807) is 0 Å². The fraction of sp³-hybridized carbons (Fsp3) is 0.0625. The fourth-order valence-corrected chi connectivity index (χ4v) is 2.21. The average molecular weight is 265 g/mol. The number of carbonyl (C=O) groups excluding carboxylic acids is 1. The number of hydrogen-bond acceptors (Lipinski definition) is 1. The number of urea groups is 1. The molecule has 3 N–H and O–H groups in total. The van der Waals surface area contributed by atoms with E-state index in [0.29, 0.717) is 0 Å². The van der Waals surface area contributed by atoms with Crippen molar-refractivity contribution in [3.63, 3.8) is 0 Å². The fourth-order valence-electron chi connectivity index (χ4n) is 2.21. The normalized spacial score (nSPS) is 10.4. The summed E-state index contributed by atoms with van der Waals surface area (Å²) in [5, 5.41) is 6.69. The van der Waals surface area contributed by atoms with Gasteiger partial charge in [0.2, 0.25) is 0 Å². The van der Waals surface area contributed by atoms with Crippen LogP contribution in [0.15, 0.2) is 54.6 Å². The first kappa shape index (κ1) is 12.3. The maximum atomic E-state index is 12.0. The number of nitrogens with one attached hydrogen (secondary N) is 3. The lowest BCUT2D eigenvalue weighted by Crippen LogP contribution is -2.19. The molecule has 3 aromatic rings. The van der Waals surface area contributed by atoms with Crippen molar-refractivity contribution in [1.82, 2.24) is 4.98 Å². The Labute approximate surface area is 116 Å². The molecule has 0 bridgehead atoms. The van der Waals surface area contributed by atoms with Gasteiger partial charge >= 0.3 is 6.03 Å². The third-order valence-electron chi connectivity index (χ3n) is 3.08. The van der Waals surface area contributed by atoms with Crippen LogP contribution in [0.5, 0.6) is 0 Å². The van der Waals surface area contributed by atoms with Gasteiger partial charge in [-0.2, -0.15) is 0 Å². The Kier molecular flexibility index (Phi) is 3.13. The van der Waals surface area contributed by atoms with Crippen LogP contribution in [-0.4, -0.2) is 11.0 Å². The van der Waals surface area contributed by atoms with Crippen LogP contribution in [-0.2, 0) is 0 Å². The van der Waals surface area contributed by atoms with Crippen LogP contribution in [0, 0.1) is 6.92 Å². The molecule has 1 heterocycles. The first-order valence-corrected chi connectivity index (χ1v) is 6.44. The van der Waals surface area contributed by atoms with Gasteiger partial charge in [0.25, 0.3) is 0 Å². The number of benzene rings is 2. The molecule has 3 rings (SSSR count). The first-order valence-electron chi connectivity index (χ1n) is 6.44. The zero-order valence-electron chi connectivity index (χ0n) is 11.1. The van der Waals surface area contributed by atoms with Crippen molar-refractivity contribution in [3.8, 4) is 0 Å². The van der Waals surface area contributed by atoms with E-state index >= 15 is 0 Å². The van der Waals surface area contributed by atoms with Crippen molar-refractivity contribution in [1.29, 1.82) is 0 Å². The standard InChI is InChI=1S/C16H15N3O/c1-11-10-13-14(17-11)8-5-9-15(13)19-16(20)18-12-6-3-2-4-7-12/h2-10,17H,1H3,(H2,18,19,20). The van der Waals surface area contributed by atoms with Gasteiger partial charge in [-0.25, -0.2) is 4.79 Å². The minimum Gasteiger partial charge on any atom is -0.359 e. The molecule has 0 aliphatic heterocycles. The van der Waals surface area contributed by atoms with E-state index in [2.05, 4.69) is 15.6 Å². The number of hydrogen-bond donors (Lipinski definition) is 3. The molecule has 0 atom stereocenters. The molecule has 2 aromatic carbocycles. The summed E-state index contributed by atoms with van der Waals surface area (Å²) < 4.78 is 0. The molecule has 100 valence electrons. The molecule has 2 amide bonds. The summed E-state index contributed by atoms with van der Waals surface area (Å²) >= 11 is 0. The van der Waals surface area contributed by atoms with Crippen molar-refractivity contribution in [2.24, 2.45) is 0 Å². The van der Waals surface area contributed by atoms with E-state index in [-0.39, 0.29) is 6.03 Å². The highest BCUT2D eigenvalue weighted by molar-refractivity contribution is 6.05. The highest BCUT2D eigenvalue weighted by Crippen LogP contribution is 2.24. The number of aromatic amines is 1. The summed E-state index contributed by atoms with van der Waals surface area (Å²) in [5.74, 6) is 0. The highest BCUT2D eigenvalue weighted by atomic mass is 16.2. The van der Waals surface area contributed by atoms with Crippen LogP contribution in [0.2, 0.25) is 0 Å². The zero-order valence-corrected chi connectivity index (χ0v) is 11.1. The Morgan fingerprint density at radius 1 is 1.00 bits per heavy atom. The molecule has 4 nitrogen and oxygen atoms in total. The molecule has 0 unspecified atom stereocenters.